The Kier molecular flexibility index (Phi) is 3.44. The molecule has 0 amide bonds. The molecular formula is C16H24FN3. The molecule has 110 valence electrons. The van der Waals surface area contributed by atoms with E-state index in [9.17, 15) is 4.39 Å². The minimum absolute atomic E-state index is 0.0214. The second-order valence-electron chi connectivity index (χ2n) is 7.23. The summed E-state index contributed by atoms with van der Waals surface area (Å²) in [6.07, 6.45) is 5.24. The molecule has 0 spiro atoms. The van der Waals surface area contributed by atoms with E-state index in [0.717, 1.165) is 23.8 Å². The van der Waals surface area contributed by atoms with Crippen LogP contribution in [0.25, 0.3) is 0 Å². The fraction of sp³-hybridized carbons (Fsp3) is 0.688. The molecule has 20 heavy (non-hydrogen) atoms. The third-order valence-electron chi connectivity index (χ3n) is 4.40. The summed E-state index contributed by atoms with van der Waals surface area (Å²) in [5.41, 5.74) is 1.00. The molecule has 4 heteroatoms. The monoisotopic (exact) mass is 277 g/mol. The summed E-state index contributed by atoms with van der Waals surface area (Å²) in [4.78, 5) is 6.79. The Morgan fingerprint density at radius 2 is 2.20 bits per heavy atom. The van der Waals surface area contributed by atoms with Gasteiger partial charge >= 0.3 is 0 Å². The lowest BCUT2D eigenvalue weighted by atomic mass is 10.1. The van der Waals surface area contributed by atoms with Crippen molar-refractivity contribution in [1.29, 1.82) is 0 Å². The fourth-order valence-corrected chi connectivity index (χ4v) is 3.41. The Balaban J connectivity index is 1.83. The van der Waals surface area contributed by atoms with Crippen molar-refractivity contribution in [3.05, 3.63) is 23.6 Å². The fourth-order valence-electron chi connectivity index (χ4n) is 3.41. The van der Waals surface area contributed by atoms with Crippen molar-refractivity contribution in [2.75, 3.05) is 11.4 Å². The second kappa shape index (κ2) is 4.99. The van der Waals surface area contributed by atoms with E-state index in [1.807, 2.05) is 0 Å². The zero-order valence-electron chi connectivity index (χ0n) is 12.6. The van der Waals surface area contributed by atoms with Gasteiger partial charge in [-0.15, -0.1) is 0 Å². The molecule has 2 bridgehead atoms. The SMILES string of the molecule is CC(C)(C)NCc1cc(F)cnc1N1CC2CCC1C2. The minimum Gasteiger partial charge on any atom is -0.353 e. The van der Waals surface area contributed by atoms with E-state index < -0.39 is 0 Å². The number of fused-ring (bicyclic) bond motifs is 2. The Labute approximate surface area is 120 Å². The first kappa shape index (κ1) is 13.8. The van der Waals surface area contributed by atoms with Gasteiger partial charge in [0.25, 0.3) is 0 Å². The van der Waals surface area contributed by atoms with Crippen LogP contribution in [0.4, 0.5) is 10.2 Å². The summed E-state index contributed by atoms with van der Waals surface area (Å²) < 4.78 is 13.5. The average molecular weight is 277 g/mol. The molecule has 2 fully saturated rings. The molecule has 1 aromatic heterocycles. The standard InChI is InChI=1S/C16H24FN3/c1-16(2,3)19-8-12-7-13(17)9-18-15(12)20-10-11-4-5-14(20)6-11/h7,9,11,14,19H,4-6,8,10H2,1-3H3. The van der Waals surface area contributed by atoms with Crippen LogP contribution in [-0.2, 0) is 6.54 Å². The zero-order valence-corrected chi connectivity index (χ0v) is 12.6. The minimum atomic E-state index is -0.246. The lowest BCUT2D eigenvalue weighted by molar-refractivity contribution is 0.422. The summed E-state index contributed by atoms with van der Waals surface area (Å²) in [6, 6.07) is 2.25. The van der Waals surface area contributed by atoms with Crippen LogP contribution >= 0.6 is 0 Å². The van der Waals surface area contributed by atoms with Gasteiger partial charge in [0.15, 0.2) is 0 Å². The van der Waals surface area contributed by atoms with Gasteiger partial charge in [0.05, 0.1) is 6.20 Å². The van der Waals surface area contributed by atoms with E-state index in [1.165, 1.54) is 25.5 Å². The van der Waals surface area contributed by atoms with Crippen molar-refractivity contribution < 1.29 is 4.39 Å². The molecule has 2 aliphatic rings. The van der Waals surface area contributed by atoms with Crippen LogP contribution in [0.15, 0.2) is 12.3 Å². The second-order valence-corrected chi connectivity index (χ2v) is 7.23. The number of rotatable bonds is 3. The summed E-state index contributed by atoms with van der Waals surface area (Å²) in [5.74, 6) is 1.55. The Bertz CT molecular complexity index is 495. The predicted molar refractivity (Wildman–Crippen MR) is 79.3 cm³/mol. The molecule has 2 unspecified atom stereocenters. The molecule has 3 rings (SSSR count). The molecule has 1 aromatic rings. The first-order valence-corrected chi connectivity index (χ1v) is 7.58. The number of hydrogen-bond donors (Lipinski definition) is 1. The average Bonchev–Trinajstić information content (AvgIpc) is 2.98. The quantitative estimate of drug-likeness (QED) is 0.920. The van der Waals surface area contributed by atoms with Crippen molar-refractivity contribution in [1.82, 2.24) is 10.3 Å². The lowest BCUT2D eigenvalue weighted by Crippen LogP contribution is -2.37. The molecule has 3 nitrogen and oxygen atoms in total. The molecule has 1 aliphatic carbocycles. The van der Waals surface area contributed by atoms with E-state index in [4.69, 9.17) is 0 Å². The molecule has 0 aromatic carbocycles. The highest BCUT2D eigenvalue weighted by atomic mass is 19.1. The maximum Gasteiger partial charge on any atom is 0.141 e. The van der Waals surface area contributed by atoms with Crippen LogP contribution in [0.3, 0.4) is 0 Å². The number of halogens is 1. The van der Waals surface area contributed by atoms with E-state index in [1.54, 1.807) is 6.07 Å². The van der Waals surface area contributed by atoms with Gasteiger partial charge in [0.2, 0.25) is 0 Å². The van der Waals surface area contributed by atoms with Gasteiger partial charge in [-0.1, -0.05) is 0 Å². The van der Waals surface area contributed by atoms with Crippen LogP contribution in [-0.4, -0.2) is 23.1 Å². The highest BCUT2D eigenvalue weighted by Crippen LogP contribution is 2.40. The van der Waals surface area contributed by atoms with Crippen molar-refractivity contribution >= 4 is 5.82 Å². The number of piperidine rings is 1. The van der Waals surface area contributed by atoms with Crippen molar-refractivity contribution in [3.8, 4) is 0 Å². The maximum absolute atomic E-state index is 13.5. The predicted octanol–water partition coefficient (Wildman–Crippen LogP) is 3.10. The molecule has 2 heterocycles. The number of nitrogens with zero attached hydrogens (tertiary/aromatic N) is 2. The van der Waals surface area contributed by atoms with Crippen LogP contribution in [0.1, 0.15) is 45.6 Å². The van der Waals surface area contributed by atoms with E-state index >= 15 is 0 Å². The topological polar surface area (TPSA) is 28.2 Å². The highest BCUT2D eigenvalue weighted by Gasteiger charge is 2.39. The number of hydrogen-bond acceptors (Lipinski definition) is 3. The molecular weight excluding hydrogens is 253 g/mol. The Morgan fingerprint density at radius 1 is 1.40 bits per heavy atom. The van der Waals surface area contributed by atoms with Gasteiger partial charge in [-0.3, -0.25) is 0 Å². The zero-order chi connectivity index (χ0) is 14.3. The third-order valence-corrected chi connectivity index (χ3v) is 4.40. The van der Waals surface area contributed by atoms with E-state index in [2.05, 4.69) is 36.0 Å². The summed E-state index contributed by atoms with van der Waals surface area (Å²) in [7, 11) is 0. The van der Waals surface area contributed by atoms with Gasteiger partial charge in [0, 0.05) is 30.2 Å². The third kappa shape index (κ3) is 2.80. The van der Waals surface area contributed by atoms with Crippen LogP contribution in [0.2, 0.25) is 0 Å². The van der Waals surface area contributed by atoms with Gasteiger partial charge in [-0.05, 0) is 52.0 Å². The molecule has 0 radical (unpaired) electrons. The van der Waals surface area contributed by atoms with Crippen molar-refractivity contribution in [2.45, 2.75) is 58.2 Å². The number of pyridine rings is 1. The molecule has 1 saturated heterocycles. The van der Waals surface area contributed by atoms with Gasteiger partial charge in [-0.25, -0.2) is 9.37 Å². The summed E-state index contributed by atoms with van der Waals surface area (Å²) in [6.45, 7) is 8.12. The van der Waals surface area contributed by atoms with Crippen molar-refractivity contribution in [2.24, 2.45) is 5.92 Å². The first-order chi connectivity index (χ1) is 9.42. The lowest BCUT2D eigenvalue weighted by Gasteiger charge is -2.30. The first-order valence-electron chi connectivity index (χ1n) is 7.58. The van der Waals surface area contributed by atoms with E-state index in [0.29, 0.717) is 12.6 Å². The number of aromatic nitrogens is 1. The largest absolute Gasteiger partial charge is 0.353 e. The van der Waals surface area contributed by atoms with Crippen LogP contribution < -0.4 is 10.2 Å². The highest BCUT2D eigenvalue weighted by molar-refractivity contribution is 5.49. The van der Waals surface area contributed by atoms with E-state index in [-0.39, 0.29) is 11.4 Å². The van der Waals surface area contributed by atoms with Gasteiger partial charge in [-0.2, -0.15) is 0 Å². The van der Waals surface area contributed by atoms with Crippen molar-refractivity contribution in [3.63, 3.8) is 0 Å². The van der Waals surface area contributed by atoms with Crippen LogP contribution in [0, 0.1) is 11.7 Å². The van der Waals surface area contributed by atoms with Gasteiger partial charge in [0.1, 0.15) is 11.6 Å². The van der Waals surface area contributed by atoms with Gasteiger partial charge < -0.3 is 10.2 Å². The number of nitrogens with one attached hydrogen (secondary N) is 1. The molecule has 1 saturated carbocycles. The maximum atomic E-state index is 13.5. The molecule has 2 atom stereocenters. The normalized spacial score (nSPS) is 25.5. The van der Waals surface area contributed by atoms with Crippen LogP contribution in [0.5, 0.6) is 0 Å². The Hall–Kier alpha value is -1.16. The Morgan fingerprint density at radius 3 is 2.80 bits per heavy atom. The summed E-state index contributed by atoms with van der Waals surface area (Å²) >= 11 is 0. The summed E-state index contributed by atoms with van der Waals surface area (Å²) in [5, 5.41) is 3.44. The molecule has 1 N–H and O–H groups in total. The molecule has 1 aliphatic heterocycles. The number of anilines is 1. The smallest absolute Gasteiger partial charge is 0.141 e.